The molecule has 1 aromatic carbocycles. The second-order valence-corrected chi connectivity index (χ2v) is 4.06. The number of methoxy groups -OCH3 is 1. The highest BCUT2D eigenvalue weighted by Crippen LogP contribution is 2.28. The molecular formula is C13H17NO5. The van der Waals surface area contributed by atoms with Gasteiger partial charge in [-0.1, -0.05) is 0 Å². The van der Waals surface area contributed by atoms with Crippen molar-refractivity contribution in [2.24, 2.45) is 0 Å². The van der Waals surface area contributed by atoms with Gasteiger partial charge in [0.2, 0.25) is 5.91 Å². The molecule has 0 radical (unpaired) electrons. The first-order valence-corrected chi connectivity index (χ1v) is 5.70. The summed E-state index contributed by atoms with van der Waals surface area (Å²) in [5.41, 5.74) is 0.106. The van der Waals surface area contributed by atoms with Gasteiger partial charge in [0.1, 0.15) is 0 Å². The lowest BCUT2D eigenvalue weighted by atomic mass is 10.2. The first-order valence-electron chi connectivity index (χ1n) is 5.70. The van der Waals surface area contributed by atoms with E-state index in [9.17, 15) is 9.59 Å². The highest BCUT2D eigenvalue weighted by molar-refractivity contribution is 5.88. The molecule has 0 aliphatic rings. The van der Waals surface area contributed by atoms with Gasteiger partial charge >= 0.3 is 5.97 Å². The summed E-state index contributed by atoms with van der Waals surface area (Å²) in [5, 5.41) is 8.90. The predicted molar refractivity (Wildman–Crippen MR) is 68.8 cm³/mol. The van der Waals surface area contributed by atoms with Gasteiger partial charge in [0.15, 0.2) is 11.5 Å². The monoisotopic (exact) mass is 267 g/mol. The molecule has 6 nitrogen and oxygen atoms in total. The normalized spacial score (nSPS) is 9.84. The zero-order valence-electron chi connectivity index (χ0n) is 11.2. The smallest absolute Gasteiger partial charge is 0.335 e. The number of carboxylic acids is 1. The summed E-state index contributed by atoms with van der Waals surface area (Å²) in [5.74, 6) is -0.360. The Kier molecular flexibility index (Phi) is 5.17. The molecule has 0 saturated carbocycles. The predicted octanol–water partition coefficient (Wildman–Crippen LogP) is 1.25. The fourth-order valence-electron chi connectivity index (χ4n) is 1.39. The standard InChI is InChI=1S/C13H17NO5/c1-14(2)12(15)6-7-19-11-8-9(13(16)17)4-5-10(11)18-3/h4-5,8H,6-7H2,1-3H3,(H,16,17). The lowest BCUT2D eigenvalue weighted by molar-refractivity contribution is -0.129. The van der Waals surface area contributed by atoms with Crippen molar-refractivity contribution in [1.29, 1.82) is 0 Å². The Bertz CT molecular complexity index is 470. The number of amides is 1. The molecule has 0 heterocycles. The summed E-state index contributed by atoms with van der Waals surface area (Å²) in [4.78, 5) is 23.7. The van der Waals surface area contributed by atoms with Gasteiger partial charge in [0.25, 0.3) is 0 Å². The van der Waals surface area contributed by atoms with Crippen molar-refractivity contribution in [2.45, 2.75) is 6.42 Å². The highest BCUT2D eigenvalue weighted by atomic mass is 16.5. The SMILES string of the molecule is COc1ccc(C(=O)O)cc1OCCC(=O)N(C)C. The molecule has 0 fully saturated rings. The first-order chi connectivity index (χ1) is 8.95. The maximum atomic E-state index is 11.4. The van der Waals surface area contributed by atoms with E-state index in [1.54, 1.807) is 14.1 Å². The quantitative estimate of drug-likeness (QED) is 0.839. The number of aromatic carboxylic acids is 1. The van der Waals surface area contributed by atoms with Crippen LogP contribution < -0.4 is 9.47 Å². The summed E-state index contributed by atoms with van der Waals surface area (Å²) in [6.45, 7) is 0.163. The molecule has 104 valence electrons. The average Bonchev–Trinajstić information content (AvgIpc) is 2.38. The second kappa shape index (κ2) is 6.63. The third-order valence-corrected chi connectivity index (χ3v) is 2.48. The van der Waals surface area contributed by atoms with Gasteiger partial charge in [-0.3, -0.25) is 4.79 Å². The van der Waals surface area contributed by atoms with E-state index in [4.69, 9.17) is 14.6 Å². The maximum Gasteiger partial charge on any atom is 0.335 e. The topological polar surface area (TPSA) is 76.1 Å². The van der Waals surface area contributed by atoms with Crippen LogP contribution in [-0.4, -0.2) is 49.7 Å². The molecule has 0 aliphatic heterocycles. The lowest BCUT2D eigenvalue weighted by Gasteiger charge is -2.13. The Balaban J connectivity index is 2.73. The fourth-order valence-corrected chi connectivity index (χ4v) is 1.39. The number of hydrogen-bond donors (Lipinski definition) is 1. The zero-order valence-corrected chi connectivity index (χ0v) is 11.2. The van der Waals surface area contributed by atoms with Crippen LogP contribution in [0.5, 0.6) is 11.5 Å². The van der Waals surface area contributed by atoms with Crippen molar-refractivity contribution >= 4 is 11.9 Å². The van der Waals surface area contributed by atoms with Crippen LogP contribution in [0.3, 0.4) is 0 Å². The van der Waals surface area contributed by atoms with Crippen LogP contribution in [-0.2, 0) is 4.79 Å². The molecule has 0 bridgehead atoms. The lowest BCUT2D eigenvalue weighted by Crippen LogP contribution is -2.23. The van der Waals surface area contributed by atoms with E-state index in [0.29, 0.717) is 11.5 Å². The number of hydrogen-bond acceptors (Lipinski definition) is 4. The molecule has 1 amide bonds. The van der Waals surface area contributed by atoms with E-state index in [1.165, 1.54) is 30.2 Å². The molecule has 6 heteroatoms. The number of nitrogens with zero attached hydrogens (tertiary/aromatic N) is 1. The van der Waals surface area contributed by atoms with Gasteiger partial charge in [-0.25, -0.2) is 4.79 Å². The van der Waals surface area contributed by atoms with Gasteiger partial charge < -0.3 is 19.5 Å². The van der Waals surface area contributed by atoms with Crippen molar-refractivity contribution in [1.82, 2.24) is 4.90 Å². The van der Waals surface area contributed by atoms with Gasteiger partial charge in [0.05, 0.1) is 25.7 Å². The third kappa shape index (κ3) is 4.17. The van der Waals surface area contributed by atoms with Crippen molar-refractivity contribution in [2.75, 3.05) is 27.8 Å². The fraction of sp³-hybridized carbons (Fsp3) is 0.385. The Morgan fingerprint density at radius 3 is 2.47 bits per heavy atom. The number of carbonyl (C=O) groups is 2. The molecule has 0 saturated heterocycles. The summed E-state index contributed by atoms with van der Waals surface area (Å²) >= 11 is 0. The maximum absolute atomic E-state index is 11.4. The largest absolute Gasteiger partial charge is 0.493 e. The van der Waals surface area contributed by atoms with E-state index >= 15 is 0 Å². The number of benzene rings is 1. The number of ether oxygens (including phenoxy) is 2. The van der Waals surface area contributed by atoms with Gasteiger partial charge in [-0.15, -0.1) is 0 Å². The van der Waals surface area contributed by atoms with Crippen LogP contribution >= 0.6 is 0 Å². The van der Waals surface area contributed by atoms with Gasteiger partial charge in [0, 0.05) is 14.1 Å². The molecule has 0 atom stereocenters. The molecule has 0 aliphatic carbocycles. The Labute approximate surface area is 111 Å². The minimum Gasteiger partial charge on any atom is -0.493 e. The Morgan fingerprint density at radius 2 is 1.95 bits per heavy atom. The Morgan fingerprint density at radius 1 is 1.26 bits per heavy atom. The molecule has 1 aromatic rings. The molecule has 0 aromatic heterocycles. The zero-order chi connectivity index (χ0) is 14.4. The third-order valence-electron chi connectivity index (χ3n) is 2.48. The van der Waals surface area contributed by atoms with E-state index in [2.05, 4.69) is 0 Å². The summed E-state index contributed by atoms with van der Waals surface area (Å²) in [6, 6.07) is 4.33. The number of rotatable bonds is 6. The first kappa shape index (κ1) is 14.8. The van der Waals surface area contributed by atoms with E-state index in [0.717, 1.165) is 0 Å². The highest BCUT2D eigenvalue weighted by Gasteiger charge is 2.11. The van der Waals surface area contributed by atoms with E-state index in [1.807, 2.05) is 0 Å². The minimum absolute atomic E-state index is 0.0617. The molecular weight excluding hydrogens is 250 g/mol. The van der Waals surface area contributed by atoms with Crippen LogP contribution in [0, 0.1) is 0 Å². The number of carbonyl (C=O) groups excluding carboxylic acids is 1. The van der Waals surface area contributed by atoms with Crippen LogP contribution in [0.2, 0.25) is 0 Å². The van der Waals surface area contributed by atoms with E-state index in [-0.39, 0.29) is 24.5 Å². The molecule has 19 heavy (non-hydrogen) atoms. The molecule has 0 spiro atoms. The molecule has 1 N–H and O–H groups in total. The van der Waals surface area contributed by atoms with Gasteiger partial charge in [-0.2, -0.15) is 0 Å². The van der Waals surface area contributed by atoms with Crippen molar-refractivity contribution in [3.63, 3.8) is 0 Å². The summed E-state index contributed by atoms with van der Waals surface area (Å²) in [7, 11) is 4.79. The summed E-state index contributed by atoms with van der Waals surface area (Å²) < 4.78 is 10.5. The number of carboxylic acid groups (broad SMARTS) is 1. The average molecular weight is 267 g/mol. The summed E-state index contributed by atoms with van der Waals surface area (Å²) in [6.07, 6.45) is 0.216. The van der Waals surface area contributed by atoms with Crippen LogP contribution in [0.1, 0.15) is 16.8 Å². The van der Waals surface area contributed by atoms with Crippen LogP contribution in [0.15, 0.2) is 18.2 Å². The second-order valence-electron chi connectivity index (χ2n) is 4.06. The van der Waals surface area contributed by atoms with Crippen molar-refractivity contribution in [3.8, 4) is 11.5 Å². The Hall–Kier alpha value is -2.24. The van der Waals surface area contributed by atoms with Gasteiger partial charge in [-0.05, 0) is 18.2 Å². The van der Waals surface area contributed by atoms with Crippen LogP contribution in [0.4, 0.5) is 0 Å². The van der Waals surface area contributed by atoms with E-state index < -0.39 is 5.97 Å². The van der Waals surface area contributed by atoms with Crippen molar-refractivity contribution < 1.29 is 24.2 Å². The molecule has 1 rings (SSSR count). The van der Waals surface area contributed by atoms with Crippen molar-refractivity contribution in [3.05, 3.63) is 23.8 Å². The van der Waals surface area contributed by atoms with Crippen LogP contribution in [0.25, 0.3) is 0 Å². The minimum atomic E-state index is -1.04. The molecule has 0 unspecified atom stereocenters.